The number of nitrogens with one attached hydrogen (secondary N) is 1. The molecule has 3 aromatic heterocycles. The number of carbonyl (C=O) groups is 1. The van der Waals surface area contributed by atoms with Gasteiger partial charge in [0.25, 0.3) is 0 Å². The normalized spacial score (nSPS) is 17.9. The Kier molecular flexibility index (Phi) is 6.38. The number of aromatic nitrogens is 4. The van der Waals surface area contributed by atoms with Crippen molar-refractivity contribution in [2.24, 2.45) is 0 Å². The molecule has 9 nitrogen and oxygen atoms in total. The fourth-order valence-corrected chi connectivity index (χ4v) is 5.13. The van der Waals surface area contributed by atoms with Crippen LogP contribution in [0.3, 0.4) is 0 Å². The SMILES string of the molecule is COc1cc(-c2[nH]c3ccc(C4CN(C(=O)OC(C)(C)C)C(C)(C)CO4)cc3c2C(C)C)cn2ncnc12. The first-order valence-corrected chi connectivity index (χ1v) is 13.0. The van der Waals surface area contributed by atoms with Gasteiger partial charge in [-0.25, -0.2) is 14.3 Å². The van der Waals surface area contributed by atoms with E-state index < -0.39 is 11.1 Å². The Bertz CT molecular complexity index is 1490. The molecular formula is C29H37N5O4. The number of pyridine rings is 1. The van der Waals surface area contributed by atoms with Gasteiger partial charge in [-0.2, -0.15) is 5.10 Å². The highest BCUT2D eigenvalue weighted by Gasteiger charge is 2.40. The van der Waals surface area contributed by atoms with Crippen LogP contribution in [-0.4, -0.2) is 62.0 Å². The smallest absolute Gasteiger partial charge is 0.410 e. The molecule has 1 saturated heterocycles. The number of fused-ring (bicyclic) bond motifs is 2. The summed E-state index contributed by atoms with van der Waals surface area (Å²) in [7, 11) is 1.64. The van der Waals surface area contributed by atoms with Crippen LogP contribution in [0.4, 0.5) is 4.79 Å². The van der Waals surface area contributed by atoms with Crippen molar-refractivity contribution in [1.82, 2.24) is 24.5 Å². The molecule has 1 amide bonds. The van der Waals surface area contributed by atoms with Crippen molar-refractivity contribution in [3.05, 3.63) is 47.9 Å². The van der Waals surface area contributed by atoms with Gasteiger partial charge in [0.2, 0.25) is 0 Å². The lowest BCUT2D eigenvalue weighted by molar-refractivity contribution is -0.100. The van der Waals surface area contributed by atoms with E-state index in [0.717, 1.165) is 27.7 Å². The van der Waals surface area contributed by atoms with Crippen molar-refractivity contribution in [2.75, 3.05) is 20.3 Å². The molecule has 1 atom stereocenters. The number of carbonyl (C=O) groups excluding carboxylic acids is 1. The molecule has 1 fully saturated rings. The molecule has 1 aromatic carbocycles. The zero-order valence-corrected chi connectivity index (χ0v) is 23.5. The van der Waals surface area contributed by atoms with Gasteiger partial charge in [-0.3, -0.25) is 4.90 Å². The molecule has 0 aliphatic carbocycles. The van der Waals surface area contributed by atoms with E-state index in [2.05, 4.69) is 47.1 Å². The monoisotopic (exact) mass is 519 g/mol. The number of ether oxygens (including phenoxy) is 3. The minimum absolute atomic E-state index is 0.246. The number of nitrogens with zero attached hydrogens (tertiary/aromatic N) is 4. The van der Waals surface area contributed by atoms with Crippen LogP contribution in [-0.2, 0) is 9.47 Å². The third-order valence-corrected chi connectivity index (χ3v) is 6.99. The van der Waals surface area contributed by atoms with Gasteiger partial charge in [0, 0.05) is 22.7 Å². The van der Waals surface area contributed by atoms with Gasteiger partial charge in [0.05, 0.1) is 31.5 Å². The molecule has 1 N–H and O–H groups in total. The summed E-state index contributed by atoms with van der Waals surface area (Å²) in [6, 6.07) is 8.34. The molecule has 0 spiro atoms. The second-order valence-corrected chi connectivity index (χ2v) is 11.9. The van der Waals surface area contributed by atoms with Crippen LogP contribution in [0, 0.1) is 0 Å². The average Bonchev–Trinajstić information content (AvgIpc) is 3.46. The zero-order chi connectivity index (χ0) is 27.4. The summed E-state index contributed by atoms with van der Waals surface area (Å²) >= 11 is 0. The van der Waals surface area contributed by atoms with Crippen LogP contribution in [0.2, 0.25) is 0 Å². The van der Waals surface area contributed by atoms with Crippen molar-refractivity contribution < 1.29 is 19.0 Å². The number of methoxy groups -OCH3 is 1. The molecule has 0 saturated carbocycles. The van der Waals surface area contributed by atoms with Crippen LogP contribution < -0.4 is 4.74 Å². The fraction of sp³-hybridized carbons (Fsp3) is 0.483. The predicted octanol–water partition coefficient (Wildman–Crippen LogP) is 6.10. The number of H-pyrrole nitrogens is 1. The molecule has 38 heavy (non-hydrogen) atoms. The average molecular weight is 520 g/mol. The lowest BCUT2D eigenvalue weighted by atomic mass is 9.94. The second kappa shape index (κ2) is 9.31. The van der Waals surface area contributed by atoms with Crippen molar-refractivity contribution >= 4 is 22.6 Å². The van der Waals surface area contributed by atoms with E-state index >= 15 is 0 Å². The molecule has 0 bridgehead atoms. The largest absolute Gasteiger partial charge is 0.493 e. The van der Waals surface area contributed by atoms with Crippen LogP contribution >= 0.6 is 0 Å². The maximum Gasteiger partial charge on any atom is 0.410 e. The van der Waals surface area contributed by atoms with Crippen LogP contribution in [0.5, 0.6) is 5.75 Å². The maximum atomic E-state index is 13.1. The predicted molar refractivity (Wildman–Crippen MR) is 147 cm³/mol. The molecule has 4 heterocycles. The van der Waals surface area contributed by atoms with Crippen LogP contribution in [0.25, 0.3) is 27.8 Å². The van der Waals surface area contributed by atoms with Gasteiger partial charge in [-0.15, -0.1) is 0 Å². The molecule has 1 unspecified atom stereocenters. The lowest BCUT2D eigenvalue weighted by Crippen LogP contribution is -2.57. The number of rotatable bonds is 4. The highest BCUT2D eigenvalue weighted by Crippen LogP contribution is 2.39. The number of morpholine rings is 1. The first-order valence-electron chi connectivity index (χ1n) is 13.0. The van der Waals surface area contributed by atoms with E-state index in [1.807, 2.05) is 46.9 Å². The van der Waals surface area contributed by atoms with Crippen LogP contribution in [0.1, 0.15) is 71.6 Å². The summed E-state index contributed by atoms with van der Waals surface area (Å²) < 4.78 is 19.4. The second-order valence-electron chi connectivity index (χ2n) is 11.9. The maximum absolute atomic E-state index is 13.1. The molecule has 5 rings (SSSR count). The van der Waals surface area contributed by atoms with Gasteiger partial charge in [0.15, 0.2) is 11.4 Å². The van der Waals surface area contributed by atoms with Gasteiger partial charge in [-0.05, 0) is 69.9 Å². The Hall–Kier alpha value is -3.59. The summed E-state index contributed by atoms with van der Waals surface area (Å²) in [6.07, 6.45) is 2.91. The van der Waals surface area contributed by atoms with Crippen molar-refractivity contribution in [1.29, 1.82) is 0 Å². The van der Waals surface area contributed by atoms with E-state index in [0.29, 0.717) is 24.5 Å². The Labute approximate surface area is 223 Å². The quantitative estimate of drug-likeness (QED) is 0.350. The third kappa shape index (κ3) is 4.71. The molecule has 1 aliphatic rings. The summed E-state index contributed by atoms with van der Waals surface area (Å²) in [5, 5.41) is 5.45. The Morgan fingerprint density at radius 1 is 1.24 bits per heavy atom. The zero-order valence-electron chi connectivity index (χ0n) is 23.5. The van der Waals surface area contributed by atoms with E-state index in [1.165, 1.54) is 11.9 Å². The first-order chi connectivity index (χ1) is 17.9. The molecule has 9 heteroatoms. The number of aromatic amines is 1. The fourth-order valence-electron chi connectivity index (χ4n) is 5.13. The standard InChI is InChI=1S/C29H37N5O4/c1-17(2)24-20-11-18(23-14-33(29(6,7)15-37-23)27(35)38-28(3,4)5)9-10-21(20)32-25(24)19-12-22(36-8)26-30-16-31-34(26)13-19/h9-13,16-17,23,32H,14-15H2,1-8H3. The van der Waals surface area contributed by atoms with E-state index in [4.69, 9.17) is 14.2 Å². The van der Waals surface area contributed by atoms with Gasteiger partial charge < -0.3 is 19.2 Å². The van der Waals surface area contributed by atoms with E-state index in [9.17, 15) is 4.79 Å². The van der Waals surface area contributed by atoms with Gasteiger partial charge >= 0.3 is 6.09 Å². The van der Waals surface area contributed by atoms with Crippen molar-refractivity contribution in [3.8, 4) is 17.0 Å². The van der Waals surface area contributed by atoms with Gasteiger partial charge in [0.1, 0.15) is 18.0 Å². The Morgan fingerprint density at radius 2 is 2.00 bits per heavy atom. The Balaban J connectivity index is 1.54. The van der Waals surface area contributed by atoms with Gasteiger partial charge in [-0.1, -0.05) is 19.9 Å². The molecule has 1 aliphatic heterocycles. The number of amides is 1. The minimum Gasteiger partial charge on any atom is -0.493 e. The highest BCUT2D eigenvalue weighted by atomic mass is 16.6. The topological polar surface area (TPSA) is 94.0 Å². The summed E-state index contributed by atoms with van der Waals surface area (Å²) in [4.78, 5) is 22.8. The third-order valence-electron chi connectivity index (χ3n) is 6.99. The van der Waals surface area contributed by atoms with E-state index in [-0.39, 0.29) is 18.1 Å². The summed E-state index contributed by atoms with van der Waals surface area (Å²) in [5.74, 6) is 0.908. The Morgan fingerprint density at radius 3 is 2.68 bits per heavy atom. The number of hydrogen-bond donors (Lipinski definition) is 1. The molecule has 0 radical (unpaired) electrons. The van der Waals surface area contributed by atoms with Crippen molar-refractivity contribution in [2.45, 2.75) is 71.6 Å². The molecule has 202 valence electrons. The first kappa shape index (κ1) is 26.0. The lowest BCUT2D eigenvalue weighted by Gasteiger charge is -2.45. The highest BCUT2D eigenvalue weighted by molar-refractivity contribution is 5.92. The minimum atomic E-state index is -0.564. The number of benzene rings is 1. The molecule has 4 aromatic rings. The number of hydrogen-bond acceptors (Lipinski definition) is 6. The summed E-state index contributed by atoms with van der Waals surface area (Å²) in [5.41, 5.74) is 4.88. The summed E-state index contributed by atoms with van der Waals surface area (Å²) in [6.45, 7) is 14.9. The molecular weight excluding hydrogens is 482 g/mol. The van der Waals surface area contributed by atoms with Crippen LogP contribution in [0.15, 0.2) is 36.8 Å². The van der Waals surface area contributed by atoms with Crippen molar-refractivity contribution in [3.63, 3.8) is 0 Å². The van der Waals surface area contributed by atoms with E-state index in [1.54, 1.807) is 16.5 Å².